The Morgan fingerprint density at radius 1 is 1.27 bits per heavy atom. The number of rotatable bonds is 8. The van der Waals surface area contributed by atoms with Crippen molar-refractivity contribution < 1.29 is 0 Å². The maximum Gasteiger partial charge on any atom is -0.000806 e. The minimum Gasteiger partial charge on any atom is -0.316 e. The van der Waals surface area contributed by atoms with Crippen LogP contribution in [0, 0.1) is 5.92 Å². The van der Waals surface area contributed by atoms with Crippen molar-refractivity contribution in [2.45, 2.75) is 39.5 Å². The molecule has 1 rings (SSSR count). The average Bonchev–Trinajstić information content (AvgIpc) is 2.68. The molecule has 86 valence electrons. The molecule has 1 heterocycles. The summed E-state index contributed by atoms with van der Waals surface area (Å²) in [6.45, 7) is 6.89. The highest BCUT2D eigenvalue weighted by Crippen LogP contribution is 2.06. The van der Waals surface area contributed by atoms with Gasteiger partial charge in [0.2, 0.25) is 0 Å². The van der Waals surface area contributed by atoms with Gasteiger partial charge in [0.25, 0.3) is 0 Å². The molecule has 1 N–H and O–H groups in total. The summed E-state index contributed by atoms with van der Waals surface area (Å²) < 4.78 is 0. The van der Waals surface area contributed by atoms with Crippen LogP contribution < -0.4 is 5.32 Å². The number of nitrogens with one attached hydrogen (secondary N) is 1. The zero-order chi connectivity index (χ0) is 10.9. The maximum atomic E-state index is 3.50. The minimum atomic E-state index is 0.857. The summed E-state index contributed by atoms with van der Waals surface area (Å²) in [5, 5.41) is 7.89. The summed E-state index contributed by atoms with van der Waals surface area (Å²) in [7, 11) is 0. The van der Waals surface area contributed by atoms with Crippen molar-refractivity contribution in [1.82, 2.24) is 5.32 Å². The Bertz CT molecular complexity index is 229. The second-order valence-electron chi connectivity index (χ2n) is 4.52. The maximum absolute atomic E-state index is 3.50. The zero-order valence-electron chi connectivity index (χ0n) is 9.96. The summed E-state index contributed by atoms with van der Waals surface area (Å²) >= 11 is 1.79. The molecule has 0 aliphatic heterocycles. The highest BCUT2D eigenvalue weighted by atomic mass is 32.1. The molecule has 0 bridgehead atoms. The molecule has 1 nitrogen and oxygen atoms in total. The largest absolute Gasteiger partial charge is 0.316 e. The molecule has 0 fully saturated rings. The van der Waals surface area contributed by atoms with Gasteiger partial charge in [0.15, 0.2) is 0 Å². The van der Waals surface area contributed by atoms with Crippen LogP contribution in [0.5, 0.6) is 0 Å². The van der Waals surface area contributed by atoms with Gasteiger partial charge in [-0.2, -0.15) is 11.3 Å². The van der Waals surface area contributed by atoms with Crippen LogP contribution in [0.2, 0.25) is 0 Å². The van der Waals surface area contributed by atoms with E-state index in [1.807, 2.05) is 0 Å². The first kappa shape index (κ1) is 12.7. The first-order valence-electron chi connectivity index (χ1n) is 6.01. The molecule has 0 aliphatic carbocycles. The van der Waals surface area contributed by atoms with Gasteiger partial charge in [-0.05, 0) is 54.2 Å². The van der Waals surface area contributed by atoms with Gasteiger partial charge in [-0.3, -0.25) is 0 Å². The van der Waals surface area contributed by atoms with Crippen LogP contribution in [0.1, 0.15) is 38.7 Å². The number of hydrogen-bond acceptors (Lipinski definition) is 2. The van der Waals surface area contributed by atoms with Gasteiger partial charge in [0, 0.05) is 0 Å². The molecule has 0 amide bonds. The van der Waals surface area contributed by atoms with Gasteiger partial charge < -0.3 is 5.32 Å². The summed E-state index contributed by atoms with van der Waals surface area (Å²) in [6.07, 6.45) is 5.23. The molecular formula is C13H23NS. The van der Waals surface area contributed by atoms with Crippen molar-refractivity contribution in [1.29, 1.82) is 0 Å². The molecular weight excluding hydrogens is 202 g/mol. The van der Waals surface area contributed by atoms with Gasteiger partial charge in [-0.15, -0.1) is 0 Å². The van der Waals surface area contributed by atoms with Crippen LogP contribution in [0.4, 0.5) is 0 Å². The molecule has 1 aromatic heterocycles. The lowest BCUT2D eigenvalue weighted by atomic mass is 10.1. The third-order valence-electron chi connectivity index (χ3n) is 2.56. The van der Waals surface area contributed by atoms with Crippen molar-refractivity contribution in [2.24, 2.45) is 5.92 Å². The van der Waals surface area contributed by atoms with Gasteiger partial charge in [0.1, 0.15) is 0 Å². The monoisotopic (exact) mass is 225 g/mol. The fourth-order valence-corrected chi connectivity index (χ4v) is 2.30. The predicted molar refractivity (Wildman–Crippen MR) is 69.6 cm³/mol. The third kappa shape index (κ3) is 6.69. The number of thiophene rings is 1. The second-order valence-corrected chi connectivity index (χ2v) is 5.30. The summed E-state index contributed by atoms with van der Waals surface area (Å²) in [5.41, 5.74) is 1.47. The second kappa shape index (κ2) is 7.89. The lowest BCUT2D eigenvalue weighted by Gasteiger charge is -2.05. The Morgan fingerprint density at radius 3 is 2.80 bits per heavy atom. The molecule has 1 aromatic rings. The van der Waals surface area contributed by atoms with Crippen molar-refractivity contribution >= 4 is 11.3 Å². The van der Waals surface area contributed by atoms with E-state index in [1.54, 1.807) is 11.3 Å². The summed E-state index contributed by atoms with van der Waals surface area (Å²) in [6, 6.07) is 2.21. The fraction of sp³-hybridized carbons (Fsp3) is 0.692. The molecule has 0 aromatic carbocycles. The fourth-order valence-electron chi connectivity index (χ4n) is 1.60. The number of unbranched alkanes of at least 4 members (excludes halogenated alkanes) is 1. The van der Waals surface area contributed by atoms with Crippen molar-refractivity contribution in [2.75, 3.05) is 13.1 Å². The lowest BCUT2D eigenvalue weighted by molar-refractivity contribution is 0.521. The van der Waals surface area contributed by atoms with E-state index in [0.29, 0.717) is 0 Å². The average molecular weight is 225 g/mol. The van der Waals surface area contributed by atoms with E-state index < -0.39 is 0 Å². The zero-order valence-corrected chi connectivity index (χ0v) is 10.8. The van der Waals surface area contributed by atoms with E-state index in [-0.39, 0.29) is 0 Å². The van der Waals surface area contributed by atoms with Crippen molar-refractivity contribution in [3.05, 3.63) is 22.4 Å². The quantitative estimate of drug-likeness (QED) is 0.665. The molecule has 0 aliphatic rings. The topological polar surface area (TPSA) is 12.0 Å². The van der Waals surface area contributed by atoms with Crippen LogP contribution in [-0.4, -0.2) is 13.1 Å². The predicted octanol–water partition coefficient (Wildman–Crippen LogP) is 3.71. The molecule has 0 atom stereocenters. The highest BCUT2D eigenvalue weighted by Gasteiger charge is 1.95. The molecule has 0 unspecified atom stereocenters. The molecule has 0 radical (unpaired) electrons. The van der Waals surface area contributed by atoms with E-state index in [9.17, 15) is 0 Å². The first-order valence-corrected chi connectivity index (χ1v) is 6.95. The van der Waals surface area contributed by atoms with E-state index in [2.05, 4.69) is 36.0 Å². The molecule has 2 heteroatoms. The van der Waals surface area contributed by atoms with Gasteiger partial charge in [0.05, 0.1) is 0 Å². The summed E-state index contributed by atoms with van der Waals surface area (Å²) in [4.78, 5) is 0. The van der Waals surface area contributed by atoms with Crippen LogP contribution >= 0.6 is 11.3 Å². The normalized spacial score (nSPS) is 11.1. The van der Waals surface area contributed by atoms with Crippen LogP contribution in [0.3, 0.4) is 0 Å². The molecule has 15 heavy (non-hydrogen) atoms. The Labute approximate surface area is 97.9 Å². The van der Waals surface area contributed by atoms with Crippen molar-refractivity contribution in [3.63, 3.8) is 0 Å². The van der Waals surface area contributed by atoms with E-state index in [4.69, 9.17) is 0 Å². The van der Waals surface area contributed by atoms with E-state index >= 15 is 0 Å². The molecule has 0 spiro atoms. The SMILES string of the molecule is CC(C)CCCCNCCc1ccsc1. The van der Waals surface area contributed by atoms with Gasteiger partial charge in [-0.1, -0.05) is 26.7 Å². The molecule has 0 saturated heterocycles. The Balaban J connectivity index is 1.85. The van der Waals surface area contributed by atoms with Gasteiger partial charge in [-0.25, -0.2) is 0 Å². The standard InChI is InChI=1S/C13H23NS/c1-12(2)5-3-4-8-14-9-6-13-7-10-15-11-13/h7,10-12,14H,3-6,8-9H2,1-2H3. The minimum absolute atomic E-state index is 0.857. The Kier molecular flexibility index (Phi) is 6.69. The van der Waals surface area contributed by atoms with E-state index in [0.717, 1.165) is 12.5 Å². The highest BCUT2D eigenvalue weighted by molar-refractivity contribution is 7.07. The summed E-state index contributed by atoms with van der Waals surface area (Å²) in [5.74, 6) is 0.857. The van der Waals surface area contributed by atoms with Crippen LogP contribution in [0.15, 0.2) is 16.8 Å². The lowest BCUT2D eigenvalue weighted by Crippen LogP contribution is -2.18. The van der Waals surface area contributed by atoms with Crippen molar-refractivity contribution in [3.8, 4) is 0 Å². The van der Waals surface area contributed by atoms with Gasteiger partial charge >= 0.3 is 0 Å². The third-order valence-corrected chi connectivity index (χ3v) is 3.29. The van der Waals surface area contributed by atoms with E-state index in [1.165, 1.54) is 37.8 Å². The Hall–Kier alpha value is -0.340. The van der Waals surface area contributed by atoms with Crippen LogP contribution in [0.25, 0.3) is 0 Å². The molecule has 0 saturated carbocycles. The first-order chi connectivity index (χ1) is 7.29. The van der Waals surface area contributed by atoms with Crippen LogP contribution in [-0.2, 0) is 6.42 Å². The smallest absolute Gasteiger partial charge is 0.000806 e. The number of hydrogen-bond donors (Lipinski definition) is 1. The Morgan fingerprint density at radius 2 is 2.13 bits per heavy atom.